The number of H-pyrrole nitrogens is 1. The third-order valence-electron chi connectivity index (χ3n) is 9.55. The first kappa shape index (κ1) is 26.0. The van der Waals surface area contributed by atoms with E-state index in [0.717, 1.165) is 61.2 Å². The van der Waals surface area contributed by atoms with E-state index in [9.17, 15) is 0 Å². The Labute approximate surface area is 270 Å². The monoisotopic (exact) mass is 600 g/mol. The normalized spacial score (nSPS) is 11.8. The van der Waals surface area contributed by atoms with Gasteiger partial charge in [-0.3, -0.25) is 0 Å². The van der Waals surface area contributed by atoms with Gasteiger partial charge < -0.3 is 14.3 Å². The van der Waals surface area contributed by atoms with Crippen LogP contribution in [0.1, 0.15) is 0 Å². The maximum absolute atomic E-state index is 6.45. The number of hydrogen-bond donors (Lipinski definition) is 1. The van der Waals surface area contributed by atoms with Crippen molar-refractivity contribution in [1.82, 2.24) is 4.98 Å². The van der Waals surface area contributed by atoms with Crippen molar-refractivity contribution in [2.24, 2.45) is 0 Å². The van der Waals surface area contributed by atoms with Gasteiger partial charge in [0.25, 0.3) is 0 Å². The minimum atomic E-state index is 0.908. The van der Waals surface area contributed by atoms with Gasteiger partial charge in [-0.25, -0.2) is 0 Å². The number of anilines is 3. The fraction of sp³-hybridized carbons (Fsp3) is 0. The van der Waals surface area contributed by atoms with Crippen molar-refractivity contribution in [2.45, 2.75) is 0 Å². The Hall–Kier alpha value is -6.32. The van der Waals surface area contributed by atoms with E-state index in [-0.39, 0.29) is 0 Å². The molecule has 0 aliphatic rings. The molecule has 8 aromatic carbocycles. The van der Waals surface area contributed by atoms with Gasteiger partial charge in [0.2, 0.25) is 0 Å². The van der Waals surface area contributed by atoms with Gasteiger partial charge >= 0.3 is 0 Å². The number of nitrogens with zero attached hydrogens (tertiary/aromatic N) is 1. The quantitative estimate of drug-likeness (QED) is 0.218. The average molecular weight is 601 g/mol. The van der Waals surface area contributed by atoms with E-state index >= 15 is 0 Å². The molecule has 0 amide bonds. The van der Waals surface area contributed by atoms with Gasteiger partial charge in [-0.05, 0) is 70.1 Å². The van der Waals surface area contributed by atoms with Crippen LogP contribution in [0.4, 0.5) is 17.1 Å². The first-order chi connectivity index (χ1) is 23.3. The molecule has 10 rings (SSSR count). The zero-order valence-electron chi connectivity index (χ0n) is 25.4. The molecule has 3 nitrogen and oxygen atoms in total. The summed E-state index contributed by atoms with van der Waals surface area (Å²) in [7, 11) is 0. The van der Waals surface area contributed by atoms with Crippen molar-refractivity contribution < 1.29 is 4.42 Å². The minimum Gasteiger partial charge on any atom is -0.455 e. The van der Waals surface area contributed by atoms with Crippen LogP contribution in [0.3, 0.4) is 0 Å². The lowest BCUT2D eigenvalue weighted by Gasteiger charge is -2.26. The number of benzene rings is 8. The summed E-state index contributed by atoms with van der Waals surface area (Å²) >= 11 is 0. The number of fused-ring (bicyclic) bond motifs is 8. The largest absolute Gasteiger partial charge is 0.455 e. The van der Waals surface area contributed by atoms with Crippen molar-refractivity contribution in [3.05, 3.63) is 164 Å². The molecular weight excluding hydrogens is 572 g/mol. The topological polar surface area (TPSA) is 32.2 Å². The minimum absolute atomic E-state index is 0.908. The number of hydrogen-bond acceptors (Lipinski definition) is 2. The second-order valence-electron chi connectivity index (χ2n) is 12.3. The van der Waals surface area contributed by atoms with Crippen molar-refractivity contribution >= 4 is 82.4 Å². The molecule has 0 fully saturated rings. The van der Waals surface area contributed by atoms with Gasteiger partial charge in [-0.2, -0.15) is 0 Å². The third-order valence-corrected chi connectivity index (χ3v) is 9.55. The predicted octanol–water partition coefficient (Wildman–Crippen LogP) is 12.7. The maximum atomic E-state index is 6.45. The molecule has 0 bridgehead atoms. The molecule has 47 heavy (non-hydrogen) atoms. The van der Waals surface area contributed by atoms with Gasteiger partial charge in [0, 0.05) is 55.3 Å². The summed E-state index contributed by atoms with van der Waals surface area (Å²) < 4.78 is 6.45. The van der Waals surface area contributed by atoms with E-state index in [4.69, 9.17) is 4.42 Å². The summed E-state index contributed by atoms with van der Waals surface area (Å²) in [4.78, 5) is 6.15. The smallest absolute Gasteiger partial charge is 0.143 e. The van der Waals surface area contributed by atoms with E-state index in [1.54, 1.807) is 0 Å². The van der Waals surface area contributed by atoms with Crippen molar-refractivity contribution in [1.29, 1.82) is 0 Å². The van der Waals surface area contributed by atoms with Crippen LogP contribution in [-0.4, -0.2) is 4.98 Å². The van der Waals surface area contributed by atoms with Crippen LogP contribution in [0, 0.1) is 0 Å². The van der Waals surface area contributed by atoms with Crippen LogP contribution in [-0.2, 0) is 0 Å². The highest BCUT2D eigenvalue weighted by Crippen LogP contribution is 2.42. The molecule has 220 valence electrons. The van der Waals surface area contributed by atoms with Gasteiger partial charge in [0.15, 0.2) is 0 Å². The lowest BCUT2D eigenvalue weighted by Crippen LogP contribution is -2.09. The molecule has 0 aliphatic carbocycles. The molecule has 0 spiro atoms. The Morgan fingerprint density at radius 1 is 0.404 bits per heavy atom. The first-order valence-electron chi connectivity index (χ1n) is 16.0. The SMILES string of the molecule is c1ccc2cc(N(c3ccc4ccccc4c3)c3ccc4[nH]c5c(-c6cccc7c6oc6ccccc67)cccc5c4c3)ccc2c1. The lowest BCUT2D eigenvalue weighted by molar-refractivity contribution is 0.670. The lowest BCUT2D eigenvalue weighted by atomic mass is 9.99. The Morgan fingerprint density at radius 3 is 1.72 bits per heavy atom. The molecule has 10 aromatic rings. The molecular formula is C44H28N2O. The molecule has 0 aliphatic heterocycles. The van der Waals surface area contributed by atoms with E-state index in [0.29, 0.717) is 0 Å². The van der Waals surface area contributed by atoms with Gasteiger partial charge in [-0.1, -0.05) is 115 Å². The zero-order chi connectivity index (χ0) is 30.9. The van der Waals surface area contributed by atoms with Crippen LogP contribution in [0.25, 0.3) is 76.4 Å². The summed E-state index contributed by atoms with van der Waals surface area (Å²) in [6, 6.07) is 58.6. The van der Waals surface area contributed by atoms with Gasteiger partial charge in [0.05, 0.1) is 5.52 Å². The molecule has 2 aromatic heterocycles. The van der Waals surface area contributed by atoms with E-state index < -0.39 is 0 Å². The maximum Gasteiger partial charge on any atom is 0.143 e. The average Bonchev–Trinajstić information content (AvgIpc) is 3.70. The highest BCUT2D eigenvalue weighted by Gasteiger charge is 2.18. The van der Waals surface area contributed by atoms with Crippen molar-refractivity contribution in [3.63, 3.8) is 0 Å². The Bertz CT molecular complexity index is 2740. The fourth-order valence-corrected chi connectivity index (χ4v) is 7.31. The van der Waals surface area contributed by atoms with Gasteiger partial charge in [0.1, 0.15) is 11.2 Å². The van der Waals surface area contributed by atoms with Gasteiger partial charge in [-0.15, -0.1) is 0 Å². The Balaban J connectivity index is 1.18. The molecule has 3 heteroatoms. The summed E-state index contributed by atoms with van der Waals surface area (Å²) in [5, 5.41) is 9.53. The number of aromatic nitrogens is 1. The Morgan fingerprint density at radius 2 is 0.979 bits per heavy atom. The predicted molar refractivity (Wildman–Crippen MR) is 198 cm³/mol. The summed E-state index contributed by atoms with van der Waals surface area (Å²) in [5.74, 6) is 0. The number of rotatable bonds is 4. The second-order valence-corrected chi connectivity index (χ2v) is 12.3. The van der Waals surface area contributed by atoms with Crippen LogP contribution in [0.2, 0.25) is 0 Å². The van der Waals surface area contributed by atoms with Crippen molar-refractivity contribution in [3.8, 4) is 11.1 Å². The number of nitrogens with one attached hydrogen (secondary N) is 1. The molecule has 0 atom stereocenters. The summed E-state index contributed by atoms with van der Waals surface area (Å²) in [6.45, 7) is 0. The van der Waals surface area contributed by atoms with Crippen molar-refractivity contribution in [2.75, 3.05) is 4.90 Å². The highest BCUT2D eigenvalue weighted by molar-refractivity contribution is 6.16. The third kappa shape index (κ3) is 4.07. The molecule has 0 saturated heterocycles. The molecule has 1 N–H and O–H groups in total. The first-order valence-corrected chi connectivity index (χ1v) is 16.0. The fourth-order valence-electron chi connectivity index (χ4n) is 7.31. The van der Waals surface area contributed by atoms with Crippen LogP contribution >= 0.6 is 0 Å². The van der Waals surface area contributed by atoms with Crippen LogP contribution < -0.4 is 4.90 Å². The highest BCUT2D eigenvalue weighted by atomic mass is 16.3. The molecule has 0 radical (unpaired) electrons. The summed E-state index contributed by atoms with van der Waals surface area (Å²) in [5.41, 5.74) is 9.60. The van der Waals surface area contributed by atoms with E-state index in [2.05, 4.69) is 162 Å². The number of para-hydroxylation sites is 3. The number of aromatic amines is 1. The molecule has 2 heterocycles. The standard InChI is InChI=1S/C44H28N2O/c1-3-11-30-25-32(21-19-28(30)9-1)46(33-22-20-29-10-2-4-12-31(29)26-33)34-23-24-41-40(27-34)37-15-7-14-36(43(37)45-41)39-17-8-16-38-35-13-5-6-18-42(35)47-44(38)39/h1-27,45H. The molecule has 0 unspecified atom stereocenters. The Kier molecular flexibility index (Phi) is 5.57. The zero-order valence-corrected chi connectivity index (χ0v) is 25.4. The van der Waals surface area contributed by atoms with Crippen LogP contribution in [0.5, 0.6) is 0 Å². The van der Waals surface area contributed by atoms with Crippen LogP contribution in [0.15, 0.2) is 168 Å². The van der Waals surface area contributed by atoms with E-state index in [1.807, 2.05) is 12.1 Å². The summed E-state index contributed by atoms with van der Waals surface area (Å²) in [6.07, 6.45) is 0. The second kappa shape index (κ2) is 10.1. The number of furan rings is 1. The van der Waals surface area contributed by atoms with E-state index in [1.165, 1.54) is 32.3 Å². The molecule has 0 saturated carbocycles.